The van der Waals surface area contributed by atoms with E-state index in [9.17, 15) is 0 Å². The summed E-state index contributed by atoms with van der Waals surface area (Å²) >= 11 is 0. The maximum Gasteiger partial charge on any atom is 0.0416 e. The average Bonchev–Trinajstić information content (AvgIpc) is 2.61. The minimum atomic E-state index is 0.529. The third kappa shape index (κ3) is 5.92. The van der Waals surface area contributed by atoms with E-state index in [1.807, 2.05) is 0 Å². The molecular weight excluding hydrogens is 292 g/mol. The zero-order chi connectivity index (χ0) is 17.2. The van der Waals surface area contributed by atoms with Gasteiger partial charge in [0.15, 0.2) is 0 Å². The van der Waals surface area contributed by atoms with Crippen molar-refractivity contribution >= 4 is 17.1 Å². The molecule has 2 heteroatoms. The van der Waals surface area contributed by atoms with Gasteiger partial charge < -0.3 is 10.6 Å². The summed E-state index contributed by atoms with van der Waals surface area (Å²) in [5, 5.41) is 7.13. The maximum absolute atomic E-state index is 3.60. The highest BCUT2D eigenvalue weighted by molar-refractivity contribution is 5.65. The summed E-state index contributed by atoms with van der Waals surface area (Å²) in [5.74, 6) is 0. The molecule has 0 spiro atoms. The summed E-state index contributed by atoms with van der Waals surface area (Å²) in [5.41, 5.74) is 4.88. The lowest BCUT2D eigenvalue weighted by molar-refractivity contribution is 0.594. The van der Waals surface area contributed by atoms with Crippen LogP contribution in [0.2, 0.25) is 0 Å². The van der Waals surface area contributed by atoms with Gasteiger partial charge in [0.2, 0.25) is 0 Å². The second-order valence-corrected chi connectivity index (χ2v) is 6.61. The molecule has 130 valence electrons. The molecule has 1 atom stereocenters. The average molecular weight is 325 g/mol. The van der Waals surface area contributed by atoms with Gasteiger partial charge in [-0.1, -0.05) is 57.7 Å². The second kappa shape index (κ2) is 10.0. The molecule has 0 aliphatic heterocycles. The van der Waals surface area contributed by atoms with Crippen LogP contribution in [0.4, 0.5) is 17.1 Å². The van der Waals surface area contributed by atoms with Crippen molar-refractivity contribution in [2.24, 2.45) is 0 Å². The molecule has 0 aromatic heterocycles. The van der Waals surface area contributed by atoms with Crippen LogP contribution in [0, 0.1) is 0 Å². The van der Waals surface area contributed by atoms with Gasteiger partial charge in [-0.05, 0) is 55.7 Å². The Morgan fingerprint density at radius 2 is 1.54 bits per heavy atom. The summed E-state index contributed by atoms with van der Waals surface area (Å²) in [6.07, 6.45) is 7.60. The standard InChI is InChI=1S/C22H32N2/c1-4-6-7-8-11-18(3)23-20-14-16-21(17-15-20)24-22-13-10-9-12-19(22)5-2/h9-10,12-18,23-24H,4-8,11H2,1-3H3. The van der Waals surface area contributed by atoms with E-state index in [1.54, 1.807) is 0 Å². The van der Waals surface area contributed by atoms with E-state index < -0.39 is 0 Å². The molecule has 0 fully saturated rings. The quantitative estimate of drug-likeness (QED) is 0.472. The molecule has 0 aliphatic rings. The molecule has 0 aliphatic carbocycles. The van der Waals surface area contributed by atoms with E-state index >= 15 is 0 Å². The van der Waals surface area contributed by atoms with E-state index in [-0.39, 0.29) is 0 Å². The molecule has 1 unspecified atom stereocenters. The number of nitrogens with one attached hydrogen (secondary N) is 2. The number of anilines is 3. The number of hydrogen-bond acceptors (Lipinski definition) is 2. The Hall–Kier alpha value is -1.96. The Morgan fingerprint density at radius 3 is 2.25 bits per heavy atom. The van der Waals surface area contributed by atoms with Crippen LogP contribution in [0.15, 0.2) is 48.5 Å². The van der Waals surface area contributed by atoms with Crippen LogP contribution in [0.3, 0.4) is 0 Å². The Balaban J connectivity index is 1.86. The van der Waals surface area contributed by atoms with Crippen LogP contribution in [0.25, 0.3) is 0 Å². The van der Waals surface area contributed by atoms with Crippen LogP contribution < -0.4 is 10.6 Å². The Labute approximate surface area is 147 Å². The second-order valence-electron chi connectivity index (χ2n) is 6.61. The van der Waals surface area contributed by atoms with Gasteiger partial charge in [0.1, 0.15) is 0 Å². The number of benzene rings is 2. The lowest BCUT2D eigenvalue weighted by Crippen LogP contribution is -2.14. The SMILES string of the molecule is CCCCCCC(C)Nc1ccc(Nc2ccccc2CC)cc1. The first-order valence-corrected chi connectivity index (χ1v) is 9.44. The number of rotatable bonds is 10. The molecule has 0 amide bonds. The van der Waals surface area contributed by atoms with E-state index in [0.29, 0.717) is 6.04 Å². The van der Waals surface area contributed by atoms with E-state index in [4.69, 9.17) is 0 Å². The third-order valence-corrected chi connectivity index (χ3v) is 4.47. The lowest BCUT2D eigenvalue weighted by Gasteiger charge is -2.16. The molecule has 2 N–H and O–H groups in total. The Bertz CT molecular complexity index is 589. The van der Waals surface area contributed by atoms with E-state index in [0.717, 1.165) is 12.1 Å². The van der Waals surface area contributed by atoms with Gasteiger partial charge in [-0.2, -0.15) is 0 Å². The van der Waals surface area contributed by atoms with Gasteiger partial charge >= 0.3 is 0 Å². The van der Waals surface area contributed by atoms with Crippen LogP contribution in [0.1, 0.15) is 58.4 Å². The monoisotopic (exact) mass is 324 g/mol. The number of para-hydroxylation sites is 1. The molecule has 2 aromatic rings. The minimum absolute atomic E-state index is 0.529. The highest BCUT2D eigenvalue weighted by Gasteiger charge is 2.03. The molecule has 0 saturated carbocycles. The Kier molecular flexibility index (Phi) is 7.67. The zero-order valence-electron chi connectivity index (χ0n) is 15.4. The molecule has 24 heavy (non-hydrogen) atoms. The van der Waals surface area contributed by atoms with Crippen LogP contribution >= 0.6 is 0 Å². The molecule has 0 saturated heterocycles. The van der Waals surface area contributed by atoms with Crippen molar-refractivity contribution in [1.82, 2.24) is 0 Å². The maximum atomic E-state index is 3.60. The topological polar surface area (TPSA) is 24.1 Å². The summed E-state index contributed by atoms with van der Waals surface area (Å²) in [4.78, 5) is 0. The number of aryl methyl sites for hydroxylation is 1. The third-order valence-electron chi connectivity index (χ3n) is 4.47. The van der Waals surface area contributed by atoms with E-state index in [1.165, 1.54) is 49.0 Å². The van der Waals surface area contributed by atoms with Crippen molar-refractivity contribution in [3.8, 4) is 0 Å². The first-order valence-electron chi connectivity index (χ1n) is 9.44. The van der Waals surface area contributed by atoms with Gasteiger partial charge in [-0.3, -0.25) is 0 Å². The fraction of sp³-hybridized carbons (Fsp3) is 0.455. The van der Waals surface area contributed by atoms with Crippen molar-refractivity contribution in [2.75, 3.05) is 10.6 Å². The fourth-order valence-corrected chi connectivity index (χ4v) is 2.99. The van der Waals surface area contributed by atoms with Gasteiger partial charge in [0, 0.05) is 23.1 Å². The van der Waals surface area contributed by atoms with Gasteiger partial charge in [0.05, 0.1) is 0 Å². The molecule has 2 nitrogen and oxygen atoms in total. The number of hydrogen-bond donors (Lipinski definition) is 2. The lowest BCUT2D eigenvalue weighted by atomic mass is 10.1. The summed E-state index contributed by atoms with van der Waals surface area (Å²) in [6.45, 7) is 6.72. The predicted octanol–water partition coefficient (Wildman–Crippen LogP) is 6.76. The first-order chi connectivity index (χ1) is 11.7. The summed E-state index contributed by atoms with van der Waals surface area (Å²) < 4.78 is 0. The summed E-state index contributed by atoms with van der Waals surface area (Å²) in [6, 6.07) is 17.7. The van der Waals surface area contributed by atoms with Crippen LogP contribution in [0.5, 0.6) is 0 Å². The smallest absolute Gasteiger partial charge is 0.0416 e. The van der Waals surface area contributed by atoms with Crippen molar-refractivity contribution < 1.29 is 0 Å². The minimum Gasteiger partial charge on any atom is -0.383 e. The van der Waals surface area contributed by atoms with Crippen LogP contribution in [-0.4, -0.2) is 6.04 Å². The Morgan fingerprint density at radius 1 is 0.833 bits per heavy atom. The largest absolute Gasteiger partial charge is 0.383 e. The highest BCUT2D eigenvalue weighted by atomic mass is 14.9. The molecule has 0 heterocycles. The predicted molar refractivity (Wildman–Crippen MR) is 107 cm³/mol. The first kappa shape index (κ1) is 18.4. The van der Waals surface area contributed by atoms with Gasteiger partial charge in [-0.15, -0.1) is 0 Å². The van der Waals surface area contributed by atoms with Gasteiger partial charge in [-0.25, -0.2) is 0 Å². The fourth-order valence-electron chi connectivity index (χ4n) is 2.99. The molecule has 0 bridgehead atoms. The highest BCUT2D eigenvalue weighted by Crippen LogP contribution is 2.23. The molecular formula is C22H32N2. The normalized spacial score (nSPS) is 12.0. The van der Waals surface area contributed by atoms with Crippen molar-refractivity contribution in [2.45, 2.75) is 65.3 Å². The molecule has 0 radical (unpaired) electrons. The number of unbranched alkanes of at least 4 members (excludes halogenated alkanes) is 3. The van der Waals surface area contributed by atoms with E-state index in [2.05, 4.69) is 79.9 Å². The van der Waals surface area contributed by atoms with Crippen molar-refractivity contribution in [3.63, 3.8) is 0 Å². The van der Waals surface area contributed by atoms with Gasteiger partial charge in [0.25, 0.3) is 0 Å². The van der Waals surface area contributed by atoms with Crippen molar-refractivity contribution in [1.29, 1.82) is 0 Å². The molecule has 2 aromatic carbocycles. The van der Waals surface area contributed by atoms with Crippen LogP contribution in [-0.2, 0) is 6.42 Å². The summed E-state index contributed by atoms with van der Waals surface area (Å²) in [7, 11) is 0. The molecule has 2 rings (SSSR count). The zero-order valence-corrected chi connectivity index (χ0v) is 15.4. The van der Waals surface area contributed by atoms with Crippen molar-refractivity contribution in [3.05, 3.63) is 54.1 Å².